The normalized spacial score (nSPS) is 27.2. The van der Waals surface area contributed by atoms with Gasteiger partial charge in [0.15, 0.2) is 0 Å². The molecule has 0 radical (unpaired) electrons. The Bertz CT molecular complexity index is 355. The first kappa shape index (κ1) is 16.6. The van der Waals surface area contributed by atoms with Crippen molar-refractivity contribution in [2.75, 3.05) is 13.2 Å². The minimum Gasteiger partial charge on any atom is -0.396 e. The Kier molecular flexibility index (Phi) is 5.52. The number of hydrogen-bond donors (Lipinski definition) is 1. The number of aliphatic hydroxyl groups excluding tert-OH is 1. The molecule has 2 aliphatic carbocycles. The van der Waals surface area contributed by atoms with Crippen molar-refractivity contribution in [2.45, 2.75) is 63.6 Å². The highest BCUT2D eigenvalue weighted by Crippen LogP contribution is 2.43. The monoisotopic (exact) mass is 307 g/mol. The Labute approximate surface area is 123 Å². The molecule has 2 atom stereocenters. The zero-order valence-corrected chi connectivity index (χ0v) is 12.2. The predicted molar refractivity (Wildman–Crippen MR) is 72.6 cm³/mol. The van der Waals surface area contributed by atoms with Crippen LogP contribution in [-0.4, -0.2) is 41.3 Å². The number of amides is 1. The number of nitrogens with zero attached hydrogens (tertiary/aromatic N) is 1. The molecule has 2 unspecified atom stereocenters. The summed E-state index contributed by atoms with van der Waals surface area (Å²) in [4.78, 5) is 14.3. The lowest BCUT2D eigenvalue weighted by atomic mass is 9.77. The second kappa shape index (κ2) is 6.99. The van der Waals surface area contributed by atoms with Crippen LogP contribution in [0.4, 0.5) is 13.2 Å². The first-order valence-electron chi connectivity index (χ1n) is 7.93. The van der Waals surface area contributed by atoms with Crippen LogP contribution >= 0.6 is 0 Å². The third-order valence-electron chi connectivity index (χ3n) is 4.86. The van der Waals surface area contributed by atoms with Gasteiger partial charge in [0, 0.05) is 25.1 Å². The Morgan fingerprint density at radius 3 is 2.29 bits per heavy atom. The van der Waals surface area contributed by atoms with Gasteiger partial charge in [-0.15, -0.1) is 0 Å². The Morgan fingerprint density at radius 1 is 1.10 bits per heavy atom. The molecule has 21 heavy (non-hydrogen) atoms. The van der Waals surface area contributed by atoms with E-state index >= 15 is 0 Å². The summed E-state index contributed by atoms with van der Waals surface area (Å²) >= 11 is 0. The van der Waals surface area contributed by atoms with Crippen molar-refractivity contribution in [3.05, 3.63) is 0 Å². The molecular weight excluding hydrogens is 283 g/mol. The summed E-state index contributed by atoms with van der Waals surface area (Å²) in [7, 11) is 0. The molecule has 2 aliphatic rings. The highest BCUT2D eigenvalue weighted by Gasteiger charge is 2.49. The summed E-state index contributed by atoms with van der Waals surface area (Å²) < 4.78 is 39.5. The fraction of sp³-hybridized carbons (Fsp3) is 0.933. The molecular formula is C15H24F3NO2. The summed E-state index contributed by atoms with van der Waals surface area (Å²) in [5, 5.41) is 8.94. The van der Waals surface area contributed by atoms with Crippen LogP contribution in [0.1, 0.15) is 51.4 Å². The lowest BCUT2D eigenvalue weighted by molar-refractivity contribution is -0.202. The summed E-state index contributed by atoms with van der Waals surface area (Å²) in [5.41, 5.74) is 0. The van der Waals surface area contributed by atoms with Crippen LogP contribution in [0, 0.1) is 11.8 Å². The second-order valence-electron chi connectivity index (χ2n) is 6.23. The van der Waals surface area contributed by atoms with Gasteiger partial charge in [-0.25, -0.2) is 0 Å². The smallest absolute Gasteiger partial charge is 0.392 e. The standard InChI is InChI=1S/C15H24F3NO2/c16-15(17,18)13-8-2-1-7-12(13)14(21)19(9-4-10-20)11-5-3-6-11/h11-13,20H,1-10H2. The minimum atomic E-state index is -4.29. The van der Waals surface area contributed by atoms with Crippen LogP contribution in [0.2, 0.25) is 0 Å². The maximum atomic E-state index is 13.2. The molecule has 3 nitrogen and oxygen atoms in total. The van der Waals surface area contributed by atoms with Crippen LogP contribution in [0.3, 0.4) is 0 Å². The van der Waals surface area contributed by atoms with E-state index in [9.17, 15) is 18.0 Å². The van der Waals surface area contributed by atoms with Gasteiger partial charge < -0.3 is 10.0 Å². The first-order chi connectivity index (χ1) is 9.95. The van der Waals surface area contributed by atoms with Crippen molar-refractivity contribution in [2.24, 2.45) is 11.8 Å². The van der Waals surface area contributed by atoms with Crippen LogP contribution in [0.25, 0.3) is 0 Å². The SMILES string of the molecule is O=C(C1CCCCC1C(F)(F)F)N(CCCO)C1CCC1. The summed E-state index contributed by atoms with van der Waals surface area (Å²) in [6, 6.07) is 0.0832. The number of aliphatic hydroxyl groups is 1. The molecule has 0 aromatic heterocycles. The molecule has 2 fully saturated rings. The van der Waals surface area contributed by atoms with Crippen molar-refractivity contribution in [1.82, 2.24) is 4.90 Å². The topological polar surface area (TPSA) is 40.5 Å². The van der Waals surface area contributed by atoms with Gasteiger partial charge in [-0.3, -0.25) is 4.79 Å². The van der Waals surface area contributed by atoms with Gasteiger partial charge in [0.25, 0.3) is 0 Å². The van der Waals surface area contributed by atoms with E-state index in [1.807, 2.05) is 0 Å². The van der Waals surface area contributed by atoms with Crippen LogP contribution in [0.15, 0.2) is 0 Å². The molecule has 6 heteroatoms. The fourth-order valence-electron chi connectivity index (χ4n) is 3.44. The highest BCUT2D eigenvalue weighted by atomic mass is 19.4. The quantitative estimate of drug-likeness (QED) is 0.848. The van der Waals surface area contributed by atoms with E-state index in [0.717, 1.165) is 19.3 Å². The van der Waals surface area contributed by atoms with Crippen molar-refractivity contribution in [1.29, 1.82) is 0 Å². The van der Waals surface area contributed by atoms with Gasteiger partial charge in [-0.2, -0.15) is 13.2 Å². The molecule has 0 saturated heterocycles. The lowest BCUT2D eigenvalue weighted by Crippen LogP contribution is -2.51. The summed E-state index contributed by atoms with van der Waals surface area (Å²) in [6.45, 7) is 0.338. The first-order valence-corrected chi connectivity index (χ1v) is 7.93. The molecule has 2 saturated carbocycles. The third-order valence-corrected chi connectivity index (χ3v) is 4.86. The number of alkyl halides is 3. The summed E-state index contributed by atoms with van der Waals surface area (Å²) in [6.07, 6.45) is 0.579. The predicted octanol–water partition coefficient (Wildman–Crippen LogP) is 3.12. The van der Waals surface area contributed by atoms with Gasteiger partial charge in [0.05, 0.1) is 5.92 Å². The van der Waals surface area contributed by atoms with Gasteiger partial charge in [0.1, 0.15) is 0 Å². The van der Waals surface area contributed by atoms with E-state index in [2.05, 4.69) is 0 Å². The molecule has 1 amide bonds. The van der Waals surface area contributed by atoms with Gasteiger partial charge in [-0.05, 0) is 38.5 Å². The molecule has 1 N–H and O–H groups in total. The fourth-order valence-corrected chi connectivity index (χ4v) is 3.44. The number of carbonyl (C=O) groups is 1. The maximum Gasteiger partial charge on any atom is 0.392 e. The number of rotatable bonds is 5. The van der Waals surface area contributed by atoms with E-state index in [1.165, 1.54) is 0 Å². The molecule has 122 valence electrons. The average Bonchev–Trinajstić information content (AvgIpc) is 2.39. The van der Waals surface area contributed by atoms with Gasteiger partial charge >= 0.3 is 6.18 Å². The zero-order chi connectivity index (χ0) is 15.5. The Balaban J connectivity index is 2.09. The largest absolute Gasteiger partial charge is 0.396 e. The Hall–Kier alpha value is -0.780. The van der Waals surface area contributed by atoms with Crippen LogP contribution in [0.5, 0.6) is 0 Å². The van der Waals surface area contributed by atoms with Gasteiger partial charge in [0.2, 0.25) is 5.91 Å². The Morgan fingerprint density at radius 2 is 1.76 bits per heavy atom. The molecule has 0 aromatic carbocycles. The molecule has 0 heterocycles. The van der Waals surface area contributed by atoms with E-state index < -0.39 is 18.0 Å². The maximum absolute atomic E-state index is 13.2. The molecule has 0 bridgehead atoms. The van der Waals surface area contributed by atoms with Crippen LogP contribution < -0.4 is 0 Å². The highest BCUT2D eigenvalue weighted by molar-refractivity contribution is 5.79. The van der Waals surface area contributed by atoms with Crippen molar-refractivity contribution in [3.8, 4) is 0 Å². The molecule has 0 spiro atoms. The number of carbonyl (C=O) groups excluding carboxylic acids is 1. The number of halogens is 3. The van der Waals surface area contributed by atoms with E-state index in [-0.39, 0.29) is 25.0 Å². The van der Waals surface area contributed by atoms with Crippen molar-refractivity contribution < 1.29 is 23.1 Å². The van der Waals surface area contributed by atoms with Crippen molar-refractivity contribution >= 4 is 5.91 Å². The third kappa shape index (κ3) is 3.90. The van der Waals surface area contributed by atoms with Gasteiger partial charge in [-0.1, -0.05) is 12.8 Å². The van der Waals surface area contributed by atoms with Crippen LogP contribution in [-0.2, 0) is 4.79 Å². The lowest BCUT2D eigenvalue weighted by Gasteiger charge is -2.42. The zero-order valence-electron chi connectivity index (χ0n) is 12.2. The minimum absolute atomic E-state index is 0.0378. The van der Waals surface area contributed by atoms with E-state index in [4.69, 9.17) is 5.11 Å². The molecule has 2 rings (SSSR count). The molecule has 0 aromatic rings. The molecule has 0 aliphatic heterocycles. The van der Waals surface area contributed by atoms with E-state index in [0.29, 0.717) is 32.2 Å². The van der Waals surface area contributed by atoms with E-state index in [1.54, 1.807) is 4.90 Å². The average molecular weight is 307 g/mol. The van der Waals surface area contributed by atoms with Crippen molar-refractivity contribution in [3.63, 3.8) is 0 Å². The number of hydrogen-bond acceptors (Lipinski definition) is 2. The second-order valence-corrected chi connectivity index (χ2v) is 6.23. The summed E-state index contributed by atoms with van der Waals surface area (Å²) in [5.74, 6) is -2.75.